The molecule has 1 fully saturated rings. The number of methoxy groups -OCH3 is 1. The molecule has 5 heteroatoms. The van der Waals surface area contributed by atoms with Crippen LogP contribution < -0.4 is 0 Å². The molecule has 1 aromatic rings. The van der Waals surface area contributed by atoms with Crippen molar-refractivity contribution in [3.8, 4) is 0 Å². The molecule has 0 amide bonds. The van der Waals surface area contributed by atoms with E-state index in [4.69, 9.17) is 4.74 Å². The van der Waals surface area contributed by atoms with E-state index in [2.05, 4.69) is 20.8 Å². The summed E-state index contributed by atoms with van der Waals surface area (Å²) in [7, 11) is 1.42. The molecule has 0 atom stereocenters. The summed E-state index contributed by atoms with van der Waals surface area (Å²) in [6.07, 6.45) is 1.57. The zero-order chi connectivity index (χ0) is 13.8. The number of likely N-dealkylation sites (tertiary alicyclic amines) is 1. The minimum atomic E-state index is -0.190. The predicted octanol–water partition coefficient (Wildman–Crippen LogP) is 2.97. The van der Waals surface area contributed by atoms with Gasteiger partial charge in [0.15, 0.2) is 0 Å². The second-order valence-electron chi connectivity index (χ2n) is 4.81. The van der Waals surface area contributed by atoms with Crippen molar-refractivity contribution in [2.24, 2.45) is 5.92 Å². The number of halogens is 2. The van der Waals surface area contributed by atoms with Crippen LogP contribution in [0, 0.1) is 11.7 Å². The van der Waals surface area contributed by atoms with Crippen molar-refractivity contribution in [1.29, 1.82) is 0 Å². The van der Waals surface area contributed by atoms with Crippen molar-refractivity contribution in [1.82, 2.24) is 4.90 Å². The molecule has 0 aliphatic carbocycles. The molecule has 2 rings (SSSR count). The Balaban J connectivity index is 1.90. The van der Waals surface area contributed by atoms with Crippen LogP contribution >= 0.6 is 15.9 Å². The molecule has 1 aromatic carbocycles. The molecule has 0 bridgehead atoms. The van der Waals surface area contributed by atoms with Gasteiger partial charge in [0.1, 0.15) is 5.82 Å². The van der Waals surface area contributed by atoms with Gasteiger partial charge in [0.25, 0.3) is 0 Å². The van der Waals surface area contributed by atoms with Crippen LogP contribution in [0.1, 0.15) is 18.4 Å². The maximum absolute atomic E-state index is 13.7. The first-order valence-corrected chi connectivity index (χ1v) is 7.13. The lowest BCUT2D eigenvalue weighted by Gasteiger charge is -2.30. The summed E-state index contributed by atoms with van der Waals surface area (Å²) in [6, 6.07) is 5.13. The Morgan fingerprint density at radius 1 is 1.47 bits per heavy atom. The molecule has 1 saturated heterocycles. The molecule has 0 radical (unpaired) electrons. The van der Waals surface area contributed by atoms with Gasteiger partial charge in [-0.05, 0) is 38.1 Å². The Morgan fingerprint density at radius 2 is 2.16 bits per heavy atom. The predicted molar refractivity (Wildman–Crippen MR) is 74.1 cm³/mol. The fourth-order valence-electron chi connectivity index (χ4n) is 2.38. The van der Waals surface area contributed by atoms with Crippen molar-refractivity contribution in [3.05, 3.63) is 34.1 Å². The van der Waals surface area contributed by atoms with Crippen LogP contribution in [0.2, 0.25) is 0 Å². The maximum atomic E-state index is 13.7. The second-order valence-corrected chi connectivity index (χ2v) is 5.72. The molecule has 0 unspecified atom stereocenters. The van der Waals surface area contributed by atoms with Gasteiger partial charge in [-0.1, -0.05) is 22.0 Å². The highest BCUT2D eigenvalue weighted by Gasteiger charge is 2.25. The molecule has 3 nitrogen and oxygen atoms in total. The van der Waals surface area contributed by atoms with Gasteiger partial charge in [-0.2, -0.15) is 0 Å². The first kappa shape index (κ1) is 14.5. The van der Waals surface area contributed by atoms with Gasteiger partial charge in [-0.15, -0.1) is 0 Å². The van der Waals surface area contributed by atoms with Crippen molar-refractivity contribution < 1.29 is 13.9 Å². The van der Waals surface area contributed by atoms with Crippen LogP contribution in [0.5, 0.6) is 0 Å². The van der Waals surface area contributed by atoms with Crippen LogP contribution in [-0.4, -0.2) is 31.1 Å². The average molecular weight is 330 g/mol. The van der Waals surface area contributed by atoms with Gasteiger partial charge in [0, 0.05) is 16.6 Å². The highest BCUT2D eigenvalue weighted by Crippen LogP contribution is 2.22. The quantitative estimate of drug-likeness (QED) is 0.798. The van der Waals surface area contributed by atoms with E-state index in [1.807, 2.05) is 6.07 Å². The lowest BCUT2D eigenvalue weighted by Crippen LogP contribution is -2.36. The normalized spacial score (nSPS) is 17.4. The van der Waals surface area contributed by atoms with Gasteiger partial charge in [-0.25, -0.2) is 4.39 Å². The number of nitrogens with zero attached hydrogens (tertiary/aromatic N) is 1. The number of carbonyl (C=O) groups excluding carboxylic acids is 1. The summed E-state index contributed by atoms with van der Waals surface area (Å²) in [5, 5.41) is 0. The number of hydrogen-bond donors (Lipinski definition) is 0. The third-order valence-corrected chi connectivity index (χ3v) is 4.02. The monoisotopic (exact) mass is 329 g/mol. The fourth-order valence-corrected chi connectivity index (χ4v) is 2.72. The van der Waals surface area contributed by atoms with Crippen molar-refractivity contribution in [2.45, 2.75) is 19.4 Å². The Bertz CT molecular complexity index is 459. The Morgan fingerprint density at radius 3 is 2.74 bits per heavy atom. The molecule has 0 saturated carbocycles. The van der Waals surface area contributed by atoms with E-state index < -0.39 is 0 Å². The molecule has 1 heterocycles. The van der Waals surface area contributed by atoms with Crippen LogP contribution in [0.3, 0.4) is 0 Å². The van der Waals surface area contributed by atoms with Crippen LogP contribution in [-0.2, 0) is 16.1 Å². The Kier molecular flexibility index (Phi) is 4.93. The van der Waals surface area contributed by atoms with Gasteiger partial charge in [0.05, 0.1) is 13.0 Å². The minimum Gasteiger partial charge on any atom is -0.469 e. The first-order chi connectivity index (χ1) is 9.10. The number of rotatable bonds is 3. The largest absolute Gasteiger partial charge is 0.469 e. The van der Waals surface area contributed by atoms with E-state index >= 15 is 0 Å². The summed E-state index contributed by atoms with van der Waals surface area (Å²) in [4.78, 5) is 13.6. The number of piperidine rings is 1. The van der Waals surface area contributed by atoms with E-state index in [0.29, 0.717) is 12.1 Å². The molecule has 19 heavy (non-hydrogen) atoms. The standard InChI is InChI=1S/C14H17BrFNO2/c1-19-14(18)10-4-6-17(7-5-10)9-11-2-3-12(15)8-13(11)16/h2-3,8,10H,4-7,9H2,1H3. The van der Waals surface area contributed by atoms with E-state index in [1.54, 1.807) is 6.07 Å². The zero-order valence-corrected chi connectivity index (χ0v) is 12.5. The van der Waals surface area contributed by atoms with E-state index in [9.17, 15) is 9.18 Å². The second kappa shape index (κ2) is 6.48. The minimum absolute atomic E-state index is 0.00369. The maximum Gasteiger partial charge on any atom is 0.308 e. The average Bonchev–Trinajstić information content (AvgIpc) is 2.42. The lowest BCUT2D eigenvalue weighted by molar-refractivity contribution is -0.147. The number of benzene rings is 1. The first-order valence-electron chi connectivity index (χ1n) is 6.34. The summed E-state index contributed by atoms with van der Waals surface area (Å²) >= 11 is 3.25. The number of ether oxygens (including phenoxy) is 1. The van der Waals surface area contributed by atoms with Crippen LogP contribution in [0.4, 0.5) is 4.39 Å². The summed E-state index contributed by atoms with van der Waals surface area (Å²) in [5.74, 6) is -0.324. The highest BCUT2D eigenvalue weighted by atomic mass is 79.9. The number of carbonyl (C=O) groups is 1. The third-order valence-electron chi connectivity index (χ3n) is 3.53. The van der Waals surface area contributed by atoms with Gasteiger partial charge >= 0.3 is 5.97 Å². The molecule has 0 aromatic heterocycles. The molecule has 0 N–H and O–H groups in total. The van der Waals surface area contributed by atoms with E-state index in [1.165, 1.54) is 13.2 Å². The molecule has 1 aliphatic heterocycles. The SMILES string of the molecule is COC(=O)C1CCN(Cc2ccc(Br)cc2F)CC1. The lowest BCUT2D eigenvalue weighted by atomic mass is 9.96. The smallest absolute Gasteiger partial charge is 0.308 e. The van der Waals surface area contributed by atoms with E-state index in [-0.39, 0.29) is 17.7 Å². The van der Waals surface area contributed by atoms with Gasteiger partial charge < -0.3 is 4.74 Å². The van der Waals surface area contributed by atoms with Crippen molar-refractivity contribution in [2.75, 3.05) is 20.2 Å². The summed E-state index contributed by atoms with van der Waals surface area (Å²) in [6.45, 7) is 2.19. The Labute approximate surface area is 120 Å². The number of hydrogen-bond acceptors (Lipinski definition) is 3. The molecular formula is C14H17BrFNO2. The van der Waals surface area contributed by atoms with E-state index in [0.717, 1.165) is 30.4 Å². The van der Waals surface area contributed by atoms with Crippen LogP contribution in [0.15, 0.2) is 22.7 Å². The summed E-state index contributed by atoms with van der Waals surface area (Å²) < 4.78 is 19.2. The topological polar surface area (TPSA) is 29.5 Å². The van der Waals surface area contributed by atoms with Crippen LogP contribution in [0.25, 0.3) is 0 Å². The van der Waals surface area contributed by atoms with Gasteiger partial charge in [0.2, 0.25) is 0 Å². The van der Waals surface area contributed by atoms with Crippen molar-refractivity contribution in [3.63, 3.8) is 0 Å². The molecule has 1 aliphatic rings. The molecular weight excluding hydrogens is 313 g/mol. The number of esters is 1. The fraction of sp³-hybridized carbons (Fsp3) is 0.500. The highest BCUT2D eigenvalue weighted by molar-refractivity contribution is 9.10. The Hall–Kier alpha value is -0.940. The van der Waals surface area contributed by atoms with Gasteiger partial charge in [-0.3, -0.25) is 9.69 Å². The molecule has 0 spiro atoms. The molecule has 104 valence electrons. The zero-order valence-electron chi connectivity index (χ0n) is 10.9. The third kappa shape index (κ3) is 3.76. The van der Waals surface area contributed by atoms with Crippen molar-refractivity contribution >= 4 is 21.9 Å². The summed E-state index contributed by atoms with van der Waals surface area (Å²) in [5.41, 5.74) is 0.694.